The Morgan fingerprint density at radius 3 is 2.30 bits per heavy atom. The zero-order valence-corrected chi connectivity index (χ0v) is 23.7. The molecule has 7 nitrogen and oxygen atoms in total. The molecule has 0 bridgehead atoms. The van der Waals surface area contributed by atoms with E-state index in [1.165, 1.54) is 0 Å². The molecule has 0 spiro atoms. The summed E-state index contributed by atoms with van der Waals surface area (Å²) in [7, 11) is 3.46. The molecule has 0 fully saturated rings. The molecule has 206 valence electrons. The van der Waals surface area contributed by atoms with Crippen LogP contribution in [-0.4, -0.2) is 40.0 Å². The van der Waals surface area contributed by atoms with Gasteiger partial charge in [0.05, 0.1) is 30.8 Å². The summed E-state index contributed by atoms with van der Waals surface area (Å²) in [6, 6.07) is 23.0. The van der Waals surface area contributed by atoms with Gasteiger partial charge in [0.2, 0.25) is 5.88 Å². The highest BCUT2D eigenvalue weighted by molar-refractivity contribution is 6.30. The van der Waals surface area contributed by atoms with Crippen LogP contribution in [-0.2, 0) is 22.1 Å². The van der Waals surface area contributed by atoms with E-state index in [0.29, 0.717) is 40.9 Å². The van der Waals surface area contributed by atoms with E-state index in [1.807, 2.05) is 98.3 Å². The Balaban J connectivity index is 1.70. The van der Waals surface area contributed by atoms with Gasteiger partial charge in [0.1, 0.15) is 0 Å². The average molecular weight is 558 g/mol. The molecule has 2 aromatic heterocycles. The van der Waals surface area contributed by atoms with Crippen LogP contribution in [0.2, 0.25) is 5.02 Å². The summed E-state index contributed by atoms with van der Waals surface area (Å²) in [4.78, 5) is 8.97. The fraction of sp³-hybridized carbons (Fsp3) is 0.250. The Morgan fingerprint density at radius 1 is 0.950 bits per heavy atom. The predicted molar refractivity (Wildman–Crippen MR) is 156 cm³/mol. The van der Waals surface area contributed by atoms with Gasteiger partial charge >= 0.3 is 0 Å². The van der Waals surface area contributed by atoms with Crippen LogP contribution in [0.1, 0.15) is 42.5 Å². The molecule has 0 aliphatic carbocycles. The van der Waals surface area contributed by atoms with E-state index in [9.17, 15) is 5.11 Å². The molecular weight excluding hydrogens is 526 g/mol. The number of imidazole rings is 1. The van der Waals surface area contributed by atoms with Crippen LogP contribution < -0.4 is 4.74 Å². The third-order valence-corrected chi connectivity index (χ3v) is 7.21. The maximum Gasteiger partial charge on any atom is 0.214 e. The minimum absolute atomic E-state index is 0.476. The molecular formula is C32H32ClN3O4. The van der Waals surface area contributed by atoms with E-state index in [4.69, 9.17) is 25.8 Å². The highest BCUT2D eigenvalue weighted by Crippen LogP contribution is 2.40. The van der Waals surface area contributed by atoms with Gasteiger partial charge in [-0.1, -0.05) is 54.1 Å². The molecule has 5 aromatic rings. The van der Waals surface area contributed by atoms with Crippen LogP contribution in [0.5, 0.6) is 5.88 Å². The van der Waals surface area contributed by atoms with Crippen molar-refractivity contribution in [3.05, 3.63) is 113 Å². The average Bonchev–Trinajstić information content (AvgIpc) is 3.42. The van der Waals surface area contributed by atoms with E-state index in [-0.39, 0.29) is 0 Å². The standard InChI is InChI=1S/C32H32ClN3O4/c1-5-39-31(40-6-2)21-10-12-23(13-11-21)32(37,29-19-34-20-36(29)3)24-14-15-28-27(17-24)26(18-30(35-28)38-4)22-8-7-9-25(33)16-22/h7-20,31,37H,5-6H2,1-4H3. The van der Waals surface area contributed by atoms with Crippen molar-refractivity contribution in [3.63, 3.8) is 0 Å². The number of halogens is 1. The van der Waals surface area contributed by atoms with Gasteiger partial charge in [-0.2, -0.15) is 0 Å². The lowest BCUT2D eigenvalue weighted by Crippen LogP contribution is -2.31. The number of aliphatic hydroxyl groups is 1. The maximum absolute atomic E-state index is 12.6. The highest BCUT2D eigenvalue weighted by atomic mass is 35.5. The second-order valence-corrected chi connectivity index (χ2v) is 9.86. The topological polar surface area (TPSA) is 78.6 Å². The fourth-order valence-electron chi connectivity index (χ4n) is 5.02. The molecule has 40 heavy (non-hydrogen) atoms. The van der Waals surface area contributed by atoms with Crippen LogP contribution in [0.3, 0.4) is 0 Å². The van der Waals surface area contributed by atoms with E-state index < -0.39 is 11.9 Å². The molecule has 0 aliphatic rings. The number of aryl methyl sites for hydroxylation is 1. The summed E-state index contributed by atoms with van der Waals surface area (Å²) in [5.41, 5.74) is 3.86. The van der Waals surface area contributed by atoms with Gasteiger partial charge in [0.15, 0.2) is 11.9 Å². The monoisotopic (exact) mass is 557 g/mol. The van der Waals surface area contributed by atoms with Crippen molar-refractivity contribution in [2.45, 2.75) is 25.7 Å². The second-order valence-electron chi connectivity index (χ2n) is 9.42. The van der Waals surface area contributed by atoms with E-state index in [1.54, 1.807) is 19.6 Å². The Kier molecular flexibility index (Phi) is 8.19. The molecule has 0 aliphatic heterocycles. The van der Waals surface area contributed by atoms with E-state index in [0.717, 1.165) is 27.6 Å². The van der Waals surface area contributed by atoms with Gasteiger partial charge in [0.25, 0.3) is 0 Å². The summed E-state index contributed by atoms with van der Waals surface area (Å²) in [6.45, 7) is 4.92. The summed E-state index contributed by atoms with van der Waals surface area (Å²) in [6.07, 6.45) is 2.89. The molecule has 0 saturated carbocycles. The molecule has 1 N–H and O–H groups in total. The third kappa shape index (κ3) is 5.21. The number of aromatic nitrogens is 3. The summed E-state index contributed by atoms with van der Waals surface area (Å²) in [5, 5.41) is 14.1. The number of pyridine rings is 1. The van der Waals surface area contributed by atoms with Crippen molar-refractivity contribution in [1.29, 1.82) is 0 Å². The van der Waals surface area contributed by atoms with Crippen molar-refractivity contribution >= 4 is 22.5 Å². The quantitative estimate of drug-likeness (QED) is 0.194. The SMILES string of the molecule is CCOC(OCC)c1ccc(C(O)(c2ccc3nc(OC)cc(-c4cccc(Cl)c4)c3c2)c2cncn2C)cc1. The van der Waals surface area contributed by atoms with Gasteiger partial charge in [-0.05, 0) is 60.4 Å². The van der Waals surface area contributed by atoms with Crippen LogP contribution in [0.25, 0.3) is 22.0 Å². The van der Waals surface area contributed by atoms with E-state index in [2.05, 4.69) is 9.97 Å². The molecule has 2 heterocycles. The third-order valence-electron chi connectivity index (χ3n) is 6.97. The number of nitrogens with zero attached hydrogens (tertiary/aromatic N) is 3. The van der Waals surface area contributed by atoms with Crippen LogP contribution >= 0.6 is 11.6 Å². The van der Waals surface area contributed by atoms with Crippen LogP contribution in [0, 0.1) is 0 Å². The lowest BCUT2D eigenvalue weighted by atomic mass is 9.82. The van der Waals surface area contributed by atoms with Gasteiger partial charge in [0, 0.05) is 42.3 Å². The molecule has 1 atom stereocenters. The number of methoxy groups -OCH3 is 1. The number of rotatable bonds is 10. The normalized spacial score (nSPS) is 13.1. The summed E-state index contributed by atoms with van der Waals surface area (Å²) in [5.74, 6) is 0.492. The highest BCUT2D eigenvalue weighted by Gasteiger charge is 2.37. The Hall–Kier alpha value is -3.75. The molecule has 8 heteroatoms. The zero-order valence-electron chi connectivity index (χ0n) is 23.0. The number of hydrogen-bond donors (Lipinski definition) is 1. The predicted octanol–water partition coefficient (Wildman–Crippen LogP) is 6.65. The van der Waals surface area contributed by atoms with Crippen LogP contribution in [0.4, 0.5) is 0 Å². The maximum atomic E-state index is 12.6. The second kappa shape index (κ2) is 11.8. The number of benzene rings is 3. The van der Waals surface area contributed by atoms with Crippen molar-refractivity contribution in [2.75, 3.05) is 20.3 Å². The Labute approximate surface area is 239 Å². The molecule has 0 radical (unpaired) electrons. The zero-order chi connectivity index (χ0) is 28.3. The van der Waals surface area contributed by atoms with Gasteiger partial charge in [-0.3, -0.25) is 0 Å². The number of ether oxygens (including phenoxy) is 3. The first kappa shape index (κ1) is 27.8. The summed E-state index contributed by atoms with van der Waals surface area (Å²) < 4.78 is 18.9. The largest absolute Gasteiger partial charge is 0.481 e. The number of hydrogen-bond acceptors (Lipinski definition) is 6. The molecule has 5 rings (SSSR count). The van der Waals surface area contributed by atoms with Crippen molar-refractivity contribution in [1.82, 2.24) is 14.5 Å². The Bertz CT molecular complexity index is 1610. The lowest BCUT2D eigenvalue weighted by Gasteiger charge is -2.30. The number of fused-ring (bicyclic) bond motifs is 1. The first-order chi connectivity index (χ1) is 19.4. The minimum Gasteiger partial charge on any atom is -0.481 e. The van der Waals surface area contributed by atoms with Gasteiger partial charge in [-0.15, -0.1) is 0 Å². The van der Waals surface area contributed by atoms with Crippen LogP contribution in [0.15, 0.2) is 85.3 Å². The molecule has 0 amide bonds. The summed E-state index contributed by atoms with van der Waals surface area (Å²) >= 11 is 6.35. The van der Waals surface area contributed by atoms with E-state index >= 15 is 0 Å². The smallest absolute Gasteiger partial charge is 0.214 e. The first-order valence-electron chi connectivity index (χ1n) is 13.2. The van der Waals surface area contributed by atoms with Crippen molar-refractivity contribution in [3.8, 4) is 17.0 Å². The Morgan fingerprint density at radius 2 is 1.68 bits per heavy atom. The first-order valence-corrected chi connectivity index (χ1v) is 13.5. The van der Waals surface area contributed by atoms with Crippen molar-refractivity contribution < 1.29 is 19.3 Å². The van der Waals surface area contributed by atoms with Crippen molar-refractivity contribution in [2.24, 2.45) is 7.05 Å². The molecule has 0 saturated heterocycles. The fourth-order valence-corrected chi connectivity index (χ4v) is 5.21. The lowest BCUT2D eigenvalue weighted by molar-refractivity contribution is -0.140. The molecule has 3 aromatic carbocycles. The van der Waals surface area contributed by atoms with Gasteiger partial charge < -0.3 is 23.9 Å². The molecule has 1 unspecified atom stereocenters. The minimum atomic E-state index is -1.52. The van der Waals surface area contributed by atoms with Gasteiger partial charge in [-0.25, -0.2) is 9.97 Å².